The van der Waals surface area contributed by atoms with E-state index in [2.05, 4.69) is 11.4 Å². The molecule has 4 nitrogen and oxygen atoms in total. The lowest BCUT2D eigenvalue weighted by Crippen LogP contribution is -2.32. The van der Waals surface area contributed by atoms with Crippen LogP contribution in [0.5, 0.6) is 0 Å². The van der Waals surface area contributed by atoms with E-state index in [0.29, 0.717) is 19.8 Å². The van der Waals surface area contributed by atoms with Crippen molar-refractivity contribution in [1.82, 2.24) is 5.32 Å². The molecule has 0 radical (unpaired) electrons. The molecule has 1 aromatic heterocycles. The maximum atomic E-state index is 9.84. The van der Waals surface area contributed by atoms with Gasteiger partial charge in [-0.2, -0.15) is 0 Å². The van der Waals surface area contributed by atoms with Crippen molar-refractivity contribution in [2.24, 2.45) is 0 Å². The van der Waals surface area contributed by atoms with Gasteiger partial charge in [-0.25, -0.2) is 0 Å². The minimum absolute atomic E-state index is 0.0231. The fourth-order valence-electron chi connectivity index (χ4n) is 2.46. The smallest absolute Gasteiger partial charge is 0.0897 e. The van der Waals surface area contributed by atoms with Gasteiger partial charge in [0.15, 0.2) is 0 Å². The number of fused-ring (bicyclic) bond motifs is 1. The maximum absolute atomic E-state index is 9.84. The van der Waals surface area contributed by atoms with Gasteiger partial charge >= 0.3 is 0 Å². The molecule has 0 aromatic carbocycles. The van der Waals surface area contributed by atoms with Crippen LogP contribution < -0.4 is 5.32 Å². The molecular formula is C15H25NO3S. The van der Waals surface area contributed by atoms with Gasteiger partial charge in [-0.15, -0.1) is 11.3 Å². The number of nitrogens with one attached hydrogen (secondary N) is 1. The van der Waals surface area contributed by atoms with Gasteiger partial charge in [0, 0.05) is 30.0 Å². The first-order chi connectivity index (χ1) is 9.69. The third-order valence-electron chi connectivity index (χ3n) is 3.45. The summed E-state index contributed by atoms with van der Waals surface area (Å²) in [6.07, 6.45) is 3.34. The van der Waals surface area contributed by atoms with Gasteiger partial charge in [0.25, 0.3) is 0 Å². The van der Waals surface area contributed by atoms with Gasteiger partial charge in [-0.3, -0.25) is 0 Å². The number of hydrogen-bond acceptors (Lipinski definition) is 5. The molecule has 20 heavy (non-hydrogen) atoms. The van der Waals surface area contributed by atoms with E-state index in [0.717, 1.165) is 6.54 Å². The minimum atomic E-state index is -0.471. The number of aliphatic hydroxyl groups is 1. The SMILES string of the molecule is COCC(C)OCC(O)CNCc1cc2c(s1)CCC2. The normalized spacial score (nSPS) is 17.1. The molecule has 0 bridgehead atoms. The molecule has 0 fully saturated rings. The molecule has 0 spiro atoms. The minimum Gasteiger partial charge on any atom is -0.389 e. The Morgan fingerprint density at radius 1 is 1.40 bits per heavy atom. The van der Waals surface area contributed by atoms with Gasteiger partial charge in [0.05, 0.1) is 25.4 Å². The number of aryl methyl sites for hydroxylation is 2. The lowest BCUT2D eigenvalue weighted by Gasteiger charge is -2.16. The van der Waals surface area contributed by atoms with E-state index < -0.39 is 6.10 Å². The molecule has 0 amide bonds. The van der Waals surface area contributed by atoms with Crippen LogP contribution in [-0.4, -0.2) is 44.2 Å². The zero-order valence-corrected chi connectivity index (χ0v) is 13.2. The second kappa shape index (κ2) is 8.10. The summed E-state index contributed by atoms with van der Waals surface area (Å²) in [4.78, 5) is 2.93. The summed E-state index contributed by atoms with van der Waals surface area (Å²) in [6, 6.07) is 2.31. The van der Waals surface area contributed by atoms with Crippen molar-refractivity contribution in [1.29, 1.82) is 0 Å². The van der Waals surface area contributed by atoms with Crippen LogP contribution in [0.1, 0.15) is 28.7 Å². The highest BCUT2D eigenvalue weighted by Crippen LogP contribution is 2.30. The number of rotatable bonds is 9. The van der Waals surface area contributed by atoms with Crippen LogP contribution in [0.3, 0.4) is 0 Å². The Labute approximate surface area is 125 Å². The number of aliphatic hydroxyl groups excluding tert-OH is 1. The van der Waals surface area contributed by atoms with E-state index in [-0.39, 0.29) is 6.10 Å². The first kappa shape index (κ1) is 15.9. The molecule has 0 aliphatic heterocycles. The molecule has 1 aromatic rings. The van der Waals surface area contributed by atoms with Crippen molar-refractivity contribution in [2.75, 3.05) is 26.9 Å². The second-order valence-corrected chi connectivity index (χ2v) is 6.62. The van der Waals surface area contributed by atoms with E-state index in [1.54, 1.807) is 12.0 Å². The van der Waals surface area contributed by atoms with E-state index in [1.165, 1.54) is 29.7 Å². The third-order valence-corrected chi connectivity index (χ3v) is 4.69. The summed E-state index contributed by atoms with van der Waals surface area (Å²) in [7, 11) is 1.65. The monoisotopic (exact) mass is 299 g/mol. The van der Waals surface area contributed by atoms with Crippen LogP contribution in [-0.2, 0) is 28.9 Å². The average molecular weight is 299 g/mol. The molecule has 114 valence electrons. The van der Waals surface area contributed by atoms with Crippen molar-refractivity contribution in [3.8, 4) is 0 Å². The summed E-state index contributed by atoms with van der Waals surface area (Å²) in [5, 5.41) is 13.1. The molecule has 2 N–H and O–H groups in total. The van der Waals surface area contributed by atoms with Crippen molar-refractivity contribution < 1.29 is 14.6 Å². The predicted octanol–water partition coefficient (Wildman–Crippen LogP) is 1.74. The van der Waals surface area contributed by atoms with E-state index in [9.17, 15) is 5.11 Å². The van der Waals surface area contributed by atoms with E-state index >= 15 is 0 Å². The molecule has 0 saturated heterocycles. The number of methoxy groups -OCH3 is 1. The highest BCUT2D eigenvalue weighted by Gasteiger charge is 2.14. The molecule has 2 rings (SSSR count). The van der Waals surface area contributed by atoms with Crippen LogP contribution in [0.25, 0.3) is 0 Å². The number of hydrogen-bond donors (Lipinski definition) is 2. The topological polar surface area (TPSA) is 50.7 Å². The van der Waals surface area contributed by atoms with Crippen LogP contribution in [0.2, 0.25) is 0 Å². The van der Waals surface area contributed by atoms with Crippen molar-refractivity contribution in [2.45, 2.75) is 44.9 Å². The fourth-order valence-corrected chi connectivity index (χ4v) is 3.69. The Morgan fingerprint density at radius 2 is 2.25 bits per heavy atom. The Kier molecular flexibility index (Phi) is 6.45. The highest BCUT2D eigenvalue weighted by molar-refractivity contribution is 7.12. The Hall–Kier alpha value is -0.460. The standard InChI is InChI=1S/C15H25NO3S/c1-11(9-18-2)19-10-13(17)7-16-8-14-6-12-4-3-5-15(12)20-14/h6,11,13,16-17H,3-5,7-10H2,1-2H3. The van der Waals surface area contributed by atoms with Crippen LogP contribution in [0.4, 0.5) is 0 Å². The molecule has 5 heteroatoms. The van der Waals surface area contributed by atoms with E-state index in [4.69, 9.17) is 9.47 Å². The number of ether oxygens (including phenoxy) is 2. The summed E-state index contributed by atoms with van der Waals surface area (Å²) >= 11 is 1.91. The zero-order chi connectivity index (χ0) is 14.4. The molecule has 0 saturated carbocycles. The van der Waals surface area contributed by atoms with Crippen LogP contribution >= 0.6 is 11.3 Å². The van der Waals surface area contributed by atoms with Crippen LogP contribution in [0.15, 0.2) is 6.07 Å². The Bertz CT molecular complexity index is 386. The average Bonchev–Trinajstić information content (AvgIpc) is 2.97. The van der Waals surface area contributed by atoms with Gasteiger partial charge in [-0.1, -0.05) is 0 Å². The fraction of sp³-hybridized carbons (Fsp3) is 0.733. The second-order valence-electron chi connectivity index (χ2n) is 5.40. The van der Waals surface area contributed by atoms with Crippen LogP contribution in [0, 0.1) is 0 Å². The quantitative estimate of drug-likeness (QED) is 0.729. The lowest BCUT2D eigenvalue weighted by atomic mass is 10.2. The zero-order valence-electron chi connectivity index (χ0n) is 12.4. The predicted molar refractivity (Wildman–Crippen MR) is 81.3 cm³/mol. The molecule has 1 aliphatic rings. The van der Waals surface area contributed by atoms with Crippen molar-refractivity contribution in [3.05, 3.63) is 21.4 Å². The van der Waals surface area contributed by atoms with Gasteiger partial charge < -0.3 is 19.9 Å². The summed E-state index contributed by atoms with van der Waals surface area (Å²) in [6.45, 7) is 4.24. The van der Waals surface area contributed by atoms with Crippen molar-refractivity contribution >= 4 is 11.3 Å². The highest BCUT2D eigenvalue weighted by atomic mass is 32.1. The molecule has 2 unspecified atom stereocenters. The summed E-state index contributed by atoms with van der Waals surface area (Å²) in [5.74, 6) is 0. The first-order valence-electron chi connectivity index (χ1n) is 7.28. The van der Waals surface area contributed by atoms with Gasteiger partial charge in [0.2, 0.25) is 0 Å². The van der Waals surface area contributed by atoms with E-state index in [1.807, 2.05) is 18.3 Å². The van der Waals surface area contributed by atoms with Gasteiger partial charge in [0.1, 0.15) is 0 Å². The molecular weight excluding hydrogens is 274 g/mol. The molecule has 1 aliphatic carbocycles. The number of thiophene rings is 1. The van der Waals surface area contributed by atoms with Gasteiger partial charge in [-0.05, 0) is 37.8 Å². The summed E-state index contributed by atoms with van der Waals surface area (Å²) in [5.41, 5.74) is 1.53. The third kappa shape index (κ3) is 4.82. The Balaban J connectivity index is 1.60. The molecule has 2 atom stereocenters. The largest absolute Gasteiger partial charge is 0.389 e. The Morgan fingerprint density at radius 3 is 3.00 bits per heavy atom. The summed E-state index contributed by atoms with van der Waals surface area (Å²) < 4.78 is 10.5. The molecule has 1 heterocycles. The first-order valence-corrected chi connectivity index (χ1v) is 8.10. The lowest BCUT2D eigenvalue weighted by molar-refractivity contribution is -0.0311. The maximum Gasteiger partial charge on any atom is 0.0897 e. The van der Waals surface area contributed by atoms with Crippen molar-refractivity contribution in [3.63, 3.8) is 0 Å².